The molecule has 0 saturated heterocycles. The van der Waals surface area contributed by atoms with Gasteiger partial charge in [-0.05, 0) is 0 Å². The summed E-state index contributed by atoms with van der Waals surface area (Å²) in [5.41, 5.74) is 12.0. The molecule has 5 aliphatic carbocycles. The van der Waals surface area contributed by atoms with Crippen LogP contribution in [0.5, 0.6) is 0 Å². The molecule has 0 radical (unpaired) electrons. The SMILES string of the molecule is Cl.Cl.[CH2]=[Hf]([C]1=CC=CC1)([c]1ccc(C(C)(C)C)cc1)([c]1ccc(C(C)(C)C)cc1)[C]1(C)C2=C3Cc4ccccc4C3=C3C=CCCC3C2(C)C(C)(C)C(C)(C)C1(C)C. The van der Waals surface area contributed by atoms with E-state index in [1.807, 2.05) is 0 Å². The zero-order valence-corrected chi connectivity index (χ0v) is 43.5. The summed E-state index contributed by atoms with van der Waals surface area (Å²) >= 11 is -5.47. The second kappa shape index (κ2) is 13.8. The van der Waals surface area contributed by atoms with Gasteiger partial charge in [0.1, 0.15) is 0 Å². The van der Waals surface area contributed by atoms with Crippen molar-refractivity contribution in [3.63, 3.8) is 0 Å². The van der Waals surface area contributed by atoms with E-state index in [0.717, 1.165) is 19.3 Å². The molecule has 3 atom stereocenters. The normalized spacial score (nSPS) is 26.8. The van der Waals surface area contributed by atoms with Gasteiger partial charge in [0.15, 0.2) is 0 Å². The fraction of sp³-hybridized carbons (Fsp3) is 0.473. The summed E-state index contributed by atoms with van der Waals surface area (Å²) in [4.78, 5) is 0. The van der Waals surface area contributed by atoms with E-state index < -0.39 is 18.0 Å². The van der Waals surface area contributed by atoms with Crippen molar-refractivity contribution in [1.29, 1.82) is 0 Å². The summed E-state index contributed by atoms with van der Waals surface area (Å²) < 4.78 is 10.6. The van der Waals surface area contributed by atoms with Crippen LogP contribution in [0.15, 0.2) is 123 Å². The van der Waals surface area contributed by atoms with Crippen LogP contribution >= 0.6 is 24.8 Å². The van der Waals surface area contributed by atoms with Crippen LogP contribution in [-0.2, 0) is 35.3 Å². The molecule has 0 bridgehead atoms. The Labute approximate surface area is 366 Å². The summed E-state index contributed by atoms with van der Waals surface area (Å²) in [5.74, 6) is 0.425. The molecule has 0 spiro atoms. The molecule has 1 saturated carbocycles. The molecule has 0 heterocycles. The van der Waals surface area contributed by atoms with E-state index >= 15 is 0 Å². The van der Waals surface area contributed by atoms with Gasteiger partial charge < -0.3 is 0 Å². The number of fused-ring (bicyclic) bond motifs is 6. The molecule has 3 aromatic rings. The van der Waals surface area contributed by atoms with Crippen molar-refractivity contribution in [3.8, 4) is 0 Å². The Hall–Kier alpha value is -2.32. The fourth-order valence-corrected chi connectivity index (χ4v) is 43.9. The van der Waals surface area contributed by atoms with Crippen LogP contribution in [-0.4, -0.2) is 4.26 Å². The third kappa shape index (κ3) is 5.24. The van der Waals surface area contributed by atoms with Crippen LogP contribution in [0.2, 0.25) is 3.17 Å². The summed E-state index contributed by atoms with van der Waals surface area (Å²) in [6, 6.07) is 29.7. The number of hydrogen-bond acceptors (Lipinski definition) is 0. The van der Waals surface area contributed by atoms with Gasteiger partial charge in [0.05, 0.1) is 0 Å². The Balaban J connectivity index is 0.00000283. The first-order valence-electron chi connectivity index (χ1n) is 21.8. The summed E-state index contributed by atoms with van der Waals surface area (Å²) in [7, 11) is 0. The van der Waals surface area contributed by atoms with E-state index in [1.54, 1.807) is 25.6 Å². The monoisotopic (exact) mass is 982 g/mol. The molecule has 0 N–H and O–H groups in total. The summed E-state index contributed by atoms with van der Waals surface area (Å²) in [6.07, 6.45) is 16.7. The molecule has 8 rings (SSSR count). The summed E-state index contributed by atoms with van der Waals surface area (Å²) in [5, 5.41) is 0. The Kier molecular flexibility index (Phi) is 10.8. The third-order valence-corrected chi connectivity index (χ3v) is 47.6. The van der Waals surface area contributed by atoms with Crippen LogP contribution in [0, 0.1) is 27.6 Å². The van der Waals surface area contributed by atoms with Crippen molar-refractivity contribution in [1.82, 2.24) is 0 Å². The first-order valence-corrected chi connectivity index (χ1v) is 31.5. The molecule has 0 aromatic heterocycles. The van der Waals surface area contributed by atoms with Crippen LogP contribution in [0.4, 0.5) is 0 Å². The van der Waals surface area contributed by atoms with Gasteiger partial charge in [-0.15, -0.1) is 24.8 Å². The van der Waals surface area contributed by atoms with Crippen molar-refractivity contribution < 1.29 is 18.0 Å². The number of hydrogen-bond donors (Lipinski definition) is 0. The van der Waals surface area contributed by atoms with Crippen molar-refractivity contribution in [3.05, 3.63) is 145 Å². The molecule has 0 nitrogen and oxygen atoms in total. The van der Waals surface area contributed by atoms with E-state index in [9.17, 15) is 0 Å². The van der Waals surface area contributed by atoms with Crippen LogP contribution in [0.1, 0.15) is 138 Å². The van der Waals surface area contributed by atoms with E-state index in [0.29, 0.717) is 5.92 Å². The minimum absolute atomic E-state index is 0. The van der Waals surface area contributed by atoms with Gasteiger partial charge in [-0.25, -0.2) is 0 Å². The van der Waals surface area contributed by atoms with Crippen molar-refractivity contribution in [2.24, 2.45) is 27.6 Å². The second-order valence-electron chi connectivity index (χ2n) is 22.7. The molecule has 310 valence electrons. The van der Waals surface area contributed by atoms with Gasteiger partial charge in [-0.2, -0.15) is 0 Å². The van der Waals surface area contributed by atoms with Gasteiger partial charge in [-0.1, -0.05) is 0 Å². The first-order chi connectivity index (χ1) is 25.9. The standard InChI is InChI=1S/C29H37.2C10H13.C5H5.CH2.2ClH.Hf/c1-18-25-22-17-19-13-9-10-14-20(19)24(22)21-15-11-12-16-23(21)29(25,8)28(6,7)27(4,5)26(18,2)3;2*1-10(2,3)9-7-5-4-6-8-9;1-2-4-5-3-1;;;;/h9-11,13-15,23H,12,16-17H2,1-8H3;2*5-8H,1-3H3;1-3H,4H2;1H2;2*1H;. The second-order valence-corrected chi connectivity index (χ2v) is 43.2. The molecule has 3 aromatic carbocycles. The van der Waals surface area contributed by atoms with Gasteiger partial charge in [0.25, 0.3) is 0 Å². The zero-order valence-electron chi connectivity index (χ0n) is 38.2. The Morgan fingerprint density at radius 1 is 0.655 bits per heavy atom. The predicted molar refractivity (Wildman–Crippen MR) is 257 cm³/mol. The molecule has 58 heavy (non-hydrogen) atoms. The van der Waals surface area contributed by atoms with Crippen molar-refractivity contribution in [2.45, 2.75) is 137 Å². The van der Waals surface area contributed by atoms with Crippen molar-refractivity contribution in [2.75, 3.05) is 0 Å². The van der Waals surface area contributed by atoms with Crippen LogP contribution in [0.25, 0.3) is 5.57 Å². The number of halogens is 2. The zero-order chi connectivity index (χ0) is 40.7. The van der Waals surface area contributed by atoms with Gasteiger partial charge in [0.2, 0.25) is 0 Å². The third-order valence-electron chi connectivity index (χ3n) is 18.6. The maximum atomic E-state index is 6.25. The predicted octanol–water partition coefficient (Wildman–Crippen LogP) is 14.6. The molecule has 1 fully saturated rings. The average Bonchev–Trinajstić information content (AvgIpc) is 3.83. The van der Waals surface area contributed by atoms with Gasteiger partial charge in [0, 0.05) is 0 Å². The first kappa shape index (κ1) is 45.2. The minimum atomic E-state index is -5.47. The molecular weight excluding hydrogens is 910 g/mol. The van der Waals surface area contributed by atoms with Crippen LogP contribution < -0.4 is 6.64 Å². The summed E-state index contributed by atoms with van der Waals surface area (Å²) in [6.45, 7) is 35.7. The van der Waals surface area contributed by atoms with E-state index in [2.05, 4.69) is 200 Å². The van der Waals surface area contributed by atoms with E-state index in [4.69, 9.17) is 4.26 Å². The molecule has 3 heteroatoms. The molecule has 0 amide bonds. The Morgan fingerprint density at radius 2 is 1.19 bits per heavy atom. The maximum absolute atomic E-state index is 6.25. The molecule has 3 unspecified atom stereocenters. The van der Waals surface area contributed by atoms with E-state index in [1.165, 1.54) is 35.3 Å². The van der Waals surface area contributed by atoms with E-state index in [-0.39, 0.29) is 60.5 Å². The Bertz CT molecular complexity index is 2310. The Morgan fingerprint density at radius 3 is 1.69 bits per heavy atom. The number of allylic oxidation sites excluding steroid dienone is 10. The molecule has 5 aliphatic rings. The number of benzene rings is 3. The quantitative estimate of drug-likeness (QED) is 0.229. The number of rotatable bonds is 4. The van der Waals surface area contributed by atoms with Crippen LogP contribution in [0.3, 0.4) is 0 Å². The topological polar surface area (TPSA) is 0 Å². The van der Waals surface area contributed by atoms with Crippen molar-refractivity contribution >= 4 is 41.3 Å². The molecular formula is C55H72Cl2Hf. The van der Waals surface area contributed by atoms with Gasteiger partial charge in [-0.3, -0.25) is 0 Å². The average molecular weight is 983 g/mol. The molecule has 0 aliphatic heterocycles. The fourth-order valence-electron chi connectivity index (χ4n) is 13.9. The van der Waals surface area contributed by atoms with Gasteiger partial charge >= 0.3 is 344 Å².